The van der Waals surface area contributed by atoms with Crippen LogP contribution in [0.4, 0.5) is 10.5 Å². The van der Waals surface area contributed by atoms with Gasteiger partial charge in [-0.3, -0.25) is 4.79 Å². The van der Waals surface area contributed by atoms with E-state index in [2.05, 4.69) is 5.32 Å². The second-order valence-electron chi connectivity index (χ2n) is 4.17. The Morgan fingerprint density at radius 2 is 2.10 bits per heavy atom. The average Bonchev–Trinajstić information content (AvgIpc) is 2.99. The van der Waals surface area contributed by atoms with Gasteiger partial charge in [0, 0.05) is 5.02 Å². The SMILES string of the molecule is O=C1N/C(=C\c2ccsc2)C(=O)N1c1cccc(Cl)c1. The van der Waals surface area contributed by atoms with Crippen LogP contribution in [0, 0.1) is 0 Å². The highest BCUT2D eigenvalue weighted by Gasteiger charge is 2.34. The maximum atomic E-state index is 12.3. The molecule has 1 aliphatic heterocycles. The molecule has 1 aromatic heterocycles. The number of hydrogen-bond acceptors (Lipinski definition) is 3. The number of imide groups is 1. The topological polar surface area (TPSA) is 49.4 Å². The highest BCUT2D eigenvalue weighted by atomic mass is 35.5. The molecule has 3 amide bonds. The molecular weight excluding hydrogens is 296 g/mol. The molecule has 0 spiro atoms. The van der Waals surface area contributed by atoms with Crippen LogP contribution in [-0.4, -0.2) is 11.9 Å². The Labute approximate surface area is 124 Å². The summed E-state index contributed by atoms with van der Waals surface area (Å²) < 4.78 is 0. The zero-order chi connectivity index (χ0) is 14.1. The molecular formula is C14H9ClN2O2S. The van der Waals surface area contributed by atoms with Gasteiger partial charge in [-0.1, -0.05) is 17.7 Å². The molecule has 4 nitrogen and oxygen atoms in total. The molecule has 2 heterocycles. The lowest BCUT2D eigenvalue weighted by Gasteiger charge is -2.11. The van der Waals surface area contributed by atoms with E-state index in [1.165, 1.54) is 11.3 Å². The largest absolute Gasteiger partial charge is 0.333 e. The average molecular weight is 305 g/mol. The molecule has 6 heteroatoms. The molecule has 0 atom stereocenters. The van der Waals surface area contributed by atoms with Crippen molar-refractivity contribution in [3.8, 4) is 0 Å². The van der Waals surface area contributed by atoms with Gasteiger partial charge < -0.3 is 5.32 Å². The van der Waals surface area contributed by atoms with Gasteiger partial charge in [-0.15, -0.1) is 0 Å². The number of nitrogens with one attached hydrogen (secondary N) is 1. The molecule has 1 aliphatic rings. The normalized spacial score (nSPS) is 16.9. The van der Waals surface area contributed by atoms with Crippen LogP contribution in [0.5, 0.6) is 0 Å². The van der Waals surface area contributed by atoms with Crippen LogP contribution in [0.3, 0.4) is 0 Å². The molecule has 100 valence electrons. The molecule has 0 aliphatic carbocycles. The monoisotopic (exact) mass is 304 g/mol. The van der Waals surface area contributed by atoms with Crippen LogP contribution in [0.15, 0.2) is 46.8 Å². The molecule has 0 saturated carbocycles. The third-order valence-electron chi connectivity index (χ3n) is 2.80. The maximum Gasteiger partial charge on any atom is 0.333 e. The van der Waals surface area contributed by atoms with Crippen LogP contribution in [0.1, 0.15) is 5.56 Å². The summed E-state index contributed by atoms with van der Waals surface area (Å²) in [5.41, 5.74) is 1.59. The van der Waals surface area contributed by atoms with Gasteiger partial charge in [0.2, 0.25) is 0 Å². The first kappa shape index (κ1) is 12.9. The number of nitrogens with zero attached hydrogens (tertiary/aromatic N) is 1. The fourth-order valence-corrected chi connectivity index (χ4v) is 2.71. The van der Waals surface area contributed by atoms with Crippen molar-refractivity contribution in [3.63, 3.8) is 0 Å². The molecule has 1 N–H and O–H groups in total. The number of hydrogen-bond donors (Lipinski definition) is 1. The van der Waals surface area contributed by atoms with E-state index in [0.717, 1.165) is 10.5 Å². The van der Waals surface area contributed by atoms with Crippen molar-refractivity contribution in [2.75, 3.05) is 4.90 Å². The van der Waals surface area contributed by atoms with Gasteiger partial charge in [-0.05, 0) is 46.7 Å². The summed E-state index contributed by atoms with van der Waals surface area (Å²) in [4.78, 5) is 25.3. The smallest absolute Gasteiger partial charge is 0.302 e. The summed E-state index contributed by atoms with van der Waals surface area (Å²) in [5, 5.41) is 6.84. The number of amides is 3. The molecule has 1 fully saturated rings. The first-order chi connectivity index (χ1) is 9.65. The van der Waals surface area contributed by atoms with E-state index in [4.69, 9.17) is 11.6 Å². The van der Waals surface area contributed by atoms with E-state index < -0.39 is 6.03 Å². The number of anilines is 1. The number of carbonyl (C=O) groups excluding carboxylic acids is 2. The quantitative estimate of drug-likeness (QED) is 0.682. The lowest BCUT2D eigenvalue weighted by Crippen LogP contribution is -2.30. The van der Waals surface area contributed by atoms with Gasteiger partial charge in [-0.2, -0.15) is 11.3 Å². The van der Waals surface area contributed by atoms with Crippen molar-refractivity contribution in [2.45, 2.75) is 0 Å². The minimum Gasteiger partial charge on any atom is -0.302 e. The third kappa shape index (κ3) is 2.33. The van der Waals surface area contributed by atoms with Gasteiger partial charge in [-0.25, -0.2) is 9.69 Å². The zero-order valence-electron chi connectivity index (χ0n) is 10.2. The Bertz CT molecular complexity index is 710. The fourth-order valence-electron chi connectivity index (χ4n) is 1.91. The molecule has 20 heavy (non-hydrogen) atoms. The lowest BCUT2D eigenvalue weighted by atomic mass is 10.2. The minimum absolute atomic E-state index is 0.258. The Hall–Kier alpha value is -2.11. The predicted molar refractivity (Wildman–Crippen MR) is 79.8 cm³/mol. The van der Waals surface area contributed by atoms with Gasteiger partial charge in [0.1, 0.15) is 5.70 Å². The van der Waals surface area contributed by atoms with E-state index >= 15 is 0 Å². The highest BCUT2D eigenvalue weighted by Crippen LogP contribution is 2.25. The first-order valence-electron chi connectivity index (χ1n) is 5.80. The number of rotatable bonds is 2. The number of halogens is 1. The highest BCUT2D eigenvalue weighted by molar-refractivity contribution is 7.08. The van der Waals surface area contributed by atoms with Crippen molar-refractivity contribution in [2.24, 2.45) is 0 Å². The van der Waals surface area contributed by atoms with E-state index in [1.54, 1.807) is 30.3 Å². The second-order valence-corrected chi connectivity index (χ2v) is 5.38. The summed E-state index contributed by atoms with van der Waals surface area (Å²) in [6.45, 7) is 0. The molecule has 1 saturated heterocycles. The summed E-state index contributed by atoms with van der Waals surface area (Å²) in [7, 11) is 0. The Morgan fingerprint density at radius 3 is 2.80 bits per heavy atom. The van der Waals surface area contributed by atoms with Crippen molar-refractivity contribution >= 4 is 46.6 Å². The third-order valence-corrected chi connectivity index (χ3v) is 3.74. The summed E-state index contributed by atoms with van der Waals surface area (Å²) >= 11 is 7.41. The van der Waals surface area contributed by atoms with Crippen molar-refractivity contribution < 1.29 is 9.59 Å². The van der Waals surface area contributed by atoms with E-state index in [9.17, 15) is 9.59 Å². The van der Waals surface area contributed by atoms with Crippen LogP contribution in [-0.2, 0) is 4.79 Å². The summed E-state index contributed by atoms with van der Waals surface area (Å²) in [5.74, 6) is -0.386. The summed E-state index contributed by atoms with van der Waals surface area (Å²) in [6, 6.07) is 8.02. The minimum atomic E-state index is -0.473. The van der Waals surface area contributed by atoms with Crippen LogP contribution >= 0.6 is 22.9 Å². The van der Waals surface area contributed by atoms with E-state index in [1.807, 2.05) is 16.8 Å². The van der Waals surface area contributed by atoms with Crippen LogP contribution in [0.25, 0.3) is 6.08 Å². The van der Waals surface area contributed by atoms with E-state index in [-0.39, 0.29) is 11.6 Å². The second kappa shape index (κ2) is 5.11. The maximum absolute atomic E-state index is 12.3. The number of benzene rings is 1. The van der Waals surface area contributed by atoms with Crippen molar-refractivity contribution in [3.05, 3.63) is 57.4 Å². The van der Waals surface area contributed by atoms with Crippen LogP contribution in [0.2, 0.25) is 5.02 Å². The van der Waals surface area contributed by atoms with Gasteiger partial charge >= 0.3 is 6.03 Å². The van der Waals surface area contributed by atoms with Gasteiger partial charge in [0.05, 0.1) is 5.69 Å². The van der Waals surface area contributed by atoms with Crippen molar-refractivity contribution in [1.82, 2.24) is 5.32 Å². The number of carbonyl (C=O) groups is 2. The van der Waals surface area contributed by atoms with Crippen molar-refractivity contribution in [1.29, 1.82) is 0 Å². The van der Waals surface area contributed by atoms with Crippen LogP contribution < -0.4 is 10.2 Å². The molecule has 1 aromatic carbocycles. The zero-order valence-corrected chi connectivity index (χ0v) is 11.7. The standard InChI is InChI=1S/C14H9ClN2O2S/c15-10-2-1-3-11(7-10)17-13(18)12(16-14(17)19)6-9-4-5-20-8-9/h1-8H,(H,16,19)/b12-6-. The molecule has 0 bridgehead atoms. The number of urea groups is 1. The molecule has 3 rings (SSSR count). The van der Waals surface area contributed by atoms with E-state index in [0.29, 0.717) is 10.7 Å². The fraction of sp³-hybridized carbons (Fsp3) is 0. The molecule has 2 aromatic rings. The first-order valence-corrected chi connectivity index (χ1v) is 7.12. The number of thiophene rings is 1. The van der Waals surface area contributed by atoms with Gasteiger partial charge in [0.15, 0.2) is 0 Å². The summed E-state index contributed by atoms with van der Waals surface area (Å²) in [6.07, 6.45) is 1.65. The predicted octanol–water partition coefficient (Wildman–Crippen LogP) is 3.50. The lowest BCUT2D eigenvalue weighted by molar-refractivity contribution is -0.113. The molecule has 0 unspecified atom stereocenters. The Balaban J connectivity index is 1.95. The Kier molecular flexibility index (Phi) is 3.30. The molecule has 0 radical (unpaired) electrons. The van der Waals surface area contributed by atoms with Gasteiger partial charge in [0.25, 0.3) is 5.91 Å². The Morgan fingerprint density at radius 1 is 1.25 bits per heavy atom.